The van der Waals surface area contributed by atoms with Gasteiger partial charge in [0.05, 0.1) is 31.7 Å². The van der Waals surface area contributed by atoms with Gasteiger partial charge in [0.15, 0.2) is 0 Å². The Hall–Kier alpha value is -2.57. The molecule has 1 atom stereocenters. The molecule has 0 spiro atoms. The minimum Gasteiger partial charge on any atom is -0.497 e. The van der Waals surface area contributed by atoms with Crippen LogP contribution in [0.2, 0.25) is 0 Å². The summed E-state index contributed by atoms with van der Waals surface area (Å²) in [5.74, 6) is 0.188. The molecule has 6 heteroatoms. The van der Waals surface area contributed by atoms with Crippen LogP contribution in [0.5, 0.6) is 5.75 Å². The maximum absolute atomic E-state index is 13.0. The second-order valence-corrected chi connectivity index (χ2v) is 6.21. The fourth-order valence-corrected chi connectivity index (χ4v) is 3.23. The van der Waals surface area contributed by atoms with Crippen molar-refractivity contribution in [3.8, 4) is 5.75 Å². The summed E-state index contributed by atoms with van der Waals surface area (Å²) in [6.45, 7) is 0.836. The number of aliphatic imine (C=N–C) groups is 1. The van der Waals surface area contributed by atoms with Crippen LogP contribution in [0.1, 0.15) is 11.5 Å². The predicted molar refractivity (Wildman–Crippen MR) is 105 cm³/mol. The van der Waals surface area contributed by atoms with Crippen LogP contribution >= 0.6 is 12.2 Å². The van der Waals surface area contributed by atoms with Gasteiger partial charge in [-0.1, -0.05) is 42.5 Å². The van der Waals surface area contributed by atoms with Gasteiger partial charge in [-0.3, -0.25) is 9.69 Å². The Morgan fingerprint density at radius 2 is 1.77 bits per heavy atom. The number of methoxy groups -OCH3 is 2. The van der Waals surface area contributed by atoms with Crippen LogP contribution in [0.15, 0.2) is 59.6 Å². The number of nitrogens with zero attached hydrogens (tertiary/aromatic N) is 2. The highest BCUT2D eigenvalue weighted by Crippen LogP contribution is 2.31. The zero-order chi connectivity index (χ0) is 18.5. The lowest BCUT2D eigenvalue weighted by molar-refractivity contribution is -0.126. The third-order valence-electron chi connectivity index (χ3n) is 4.22. The summed E-state index contributed by atoms with van der Waals surface area (Å²) in [6.07, 6.45) is 0. The number of amides is 1. The molecule has 5 nitrogen and oxygen atoms in total. The van der Waals surface area contributed by atoms with Crippen LogP contribution in [0, 0.1) is 0 Å². The Morgan fingerprint density at radius 3 is 2.38 bits per heavy atom. The molecule has 0 saturated carbocycles. The van der Waals surface area contributed by atoms with Gasteiger partial charge in [0.2, 0.25) is 5.91 Å². The van der Waals surface area contributed by atoms with Crippen molar-refractivity contribution in [3.05, 3.63) is 60.2 Å². The number of thiocarbonyl (C=S) groups is 1. The molecular formula is C20H20N2O3S. The SMILES string of the molecule is COCCN1C(=O)C(c2ccccc2)C(=Nc2ccc(OC)cc2)C1=S. The Labute approximate surface area is 158 Å². The van der Waals surface area contributed by atoms with E-state index in [0.29, 0.717) is 23.9 Å². The molecule has 0 radical (unpaired) electrons. The van der Waals surface area contributed by atoms with Gasteiger partial charge in [0.25, 0.3) is 0 Å². The topological polar surface area (TPSA) is 51.1 Å². The maximum atomic E-state index is 13.0. The molecule has 1 aliphatic heterocycles. The first-order chi connectivity index (χ1) is 12.7. The fourth-order valence-electron chi connectivity index (χ4n) is 2.88. The molecule has 2 aromatic rings. The normalized spacial score (nSPS) is 18.6. The van der Waals surface area contributed by atoms with E-state index in [-0.39, 0.29) is 5.91 Å². The van der Waals surface area contributed by atoms with Crippen molar-refractivity contribution in [2.75, 3.05) is 27.4 Å². The van der Waals surface area contributed by atoms with Gasteiger partial charge in [-0.2, -0.15) is 0 Å². The average molecular weight is 368 g/mol. The van der Waals surface area contributed by atoms with Crippen LogP contribution in [0.25, 0.3) is 0 Å². The maximum Gasteiger partial charge on any atom is 0.241 e. The second-order valence-electron chi connectivity index (χ2n) is 5.83. The van der Waals surface area contributed by atoms with E-state index in [1.807, 2.05) is 54.6 Å². The molecule has 3 rings (SSSR count). The minimum atomic E-state index is -0.498. The summed E-state index contributed by atoms with van der Waals surface area (Å²) < 4.78 is 10.3. The molecule has 1 aliphatic rings. The van der Waals surface area contributed by atoms with E-state index >= 15 is 0 Å². The Morgan fingerprint density at radius 1 is 1.08 bits per heavy atom. The monoisotopic (exact) mass is 368 g/mol. The molecule has 1 unspecified atom stereocenters. The van der Waals surface area contributed by atoms with E-state index < -0.39 is 5.92 Å². The van der Waals surface area contributed by atoms with Crippen molar-refractivity contribution >= 4 is 34.5 Å². The van der Waals surface area contributed by atoms with Gasteiger partial charge in [0, 0.05) is 7.11 Å². The zero-order valence-corrected chi connectivity index (χ0v) is 15.5. The second kappa shape index (κ2) is 8.21. The number of likely N-dealkylation sites (tertiary alicyclic amines) is 1. The molecule has 0 N–H and O–H groups in total. The zero-order valence-electron chi connectivity index (χ0n) is 14.7. The predicted octanol–water partition coefficient (Wildman–Crippen LogP) is 3.37. The lowest BCUT2D eigenvalue weighted by Crippen LogP contribution is -2.33. The molecule has 1 fully saturated rings. The summed E-state index contributed by atoms with van der Waals surface area (Å²) in [5.41, 5.74) is 2.20. The molecule has 26 heavy (non-hydrogen) atoms. The Bertz CT molecular complexity index is 819. The number of hydrogen-bond donors (Lipinski definition) is 0. The molecule has 2 aromatic carbocycles. The number of benzene rings is 2. The molecule has 0 aromatic heterocycles. The average Bonchev–Trinajstić information content (AvgIpc) is 2.91. The number of carbonyl (C=O) groups is 1. The molecule has 1 heterocycles. The first-order valence-electron chi connectivity index (χ1n) is 8.28. The van der Waals surface area contributed by atoms with Gasteiger partial charge in [-0.15, -0.1) is 0 Å². The van der Waals surface area contributed by atoms with Crippen molar-refractivity contribution in [1.82, 2.24) is 4.90 Å². The van der Waals surface area contributed by atoms with Crippen molar-refractivity contribution in [2.24, 2.45) is 4.99 Å². The standard InChI is InChI=1S/C20H20N2O3S/c1-24-13-12-22-19(23)17(14-6-4-3-5-7-14)18(20(22)26)21-15-8-10-16(25-2)11-9-15/h3-11,17H,12-13H2,1-2H3. The van der Waals surface area contributed by atoms with Crippen LogP contribution in [0.4, 0.5) is 5.69 Å². The molecule has 1 amide bonds. The summed E-state index contributed by atoms with van der Waals surface area (Å²) in [7, 11) is 3.22. The van der Waals surface area contributed by atoms with Gasteiger partial charge in [-0.05, 0) is 29.8 Å². The smallest absolute Gasteiger partial charge is 0.241 e. The first-order valence-corrected chi connectivity index (χ1v) is 8.68. The molecule has 0 aliphatic carbocycles. The van der Waals surface area contributed by atoms with Crippen molar-refractivity contribution < 1.29 is 14.3 Å². The van der Waals surface area contributed by atoms with Crippen molar-refractivity contribution in [2.45, 2.75) is 5.92 Å². The van der Waals surface area contributed by atoms with E-state index in [2.05, 4.69) is 0 Å². The largest absolute Gasteiger partial charge is 0.497 e. The summed E-state index contributed by atoms with van der Waals surface area (Å²) in [6, 6.07) is 17.0. The van der Waals surface area contributed by atoms with E-state index in [1.165, 1.54) is 0 Å². The number of carbonyl (C=O) groups excluding carboxylic acids is 1. The summed E-state index contributed by atoms with van der Waals surface area (Å²) in [4.78, 5) is 19.7. The summed E-state index contributed by atoms with van der Waals surface area (Å²) >= 11 is 5.57. The van der Waals surface area contributed by atoms with Crippen LogP contribution in [-0.2, 0) is 9.53 Å². The Balaban J connectivity index is 2.01. The van der Waals surface area contributed by atoms with E-state index in [0.717, 1.165) is 17.0 Å². The number of rotatable bonds is 6. The third kappa shape index (κ3) is 3.66. The highest BCUT2D eigenvalue weighted by atomic mass is 32.1. The summed E-state index contributed by atoms with van der Waals surface area (Å²) in [5, 5.41) is 0. The lowest BCUT2D eigenvalue weighted by atomic mass is 9.96. The van der Waals surface area contributed by atoms with Gasteiger partial charge in [0.1, 0.15) is 16.7 Å². The minimum absolute atomic E-state index is 0.0643. The first kappa shape index (κ1) is 18.2. The van der Waals surface area contributed by atoms with E-state index in [1.54, 1.807) is 19.1 Å². The van der Waals surface area contributed by atoms with Crippen molar-refractivity contribution in [3.63, 3.8) is 0 Å². The quantitative estimate of drug-likeness (QED) is 0.734. The molecular weight excluding hydrogens is 348 g/mol. The molecule has 134 valence electrons. The lowest BCUT2D eigenvalue weighted by Gasteiger charge is -2.15. The van der Waals surface area contributed by atoms with E-state index in [9.17, 15) is 4.79 Å². The van der Waals surface area contributed by atoms with Crippen molar-refractivity contribution in [1.29, 1.82) is 0 Å². The van der Waals surface area contributed by atoms with Gasteiger partial charge in [-0.25, -0.2) is 4.99 Å². The Kier molecular flexibility index (Phi) is 5.75. The highest BCUT2D eigenvalue weighted by molar-refractivity contribution is 7.82. The third-order valence-corrected chi connectivity index (χ3v) is 4.65. The number of ether oxygens (including phenoxy) is 2. The van der Waals surface area contributed by atoms with Crippen LogP contribution in [-0.4, -0.2) is 48.9 Å². The molecule has 1 saturated heterocycles. The number of hydrogen-bond acceptors (Lipinski definition) is 5. The van der Waals surface area contributed by atoms with Crippen LogP contribution < -0.4 is 4.74 Å². The van der Waals surface area contributed by atoms with Gasteiger partial charge >= 0.3 is 0 Å². The van der Waals surface area contributed by atoms with Gasteiger partial charge < -0.3 is 9.47 Å². The fraction of sp³-hybridized carbons (Fsp3) is 0.250. The van der Waals surface area contributed by atoms with E-state index in [4.69, 9.17) is 26.7 Å². The molecule has 0 bridgehead atoms. The highest BCUT2D eigenvalue weighted by Gasteiger charge is 2.42. The van der Waals surface area contributed by atoms with Crippen LogP contribution in [0.3, 0.4) is 0 Å².